The van der Waals surface area contributed by atoms with Crippen LogP contribution in [-0.2, 0) is 4.79 Å². The Hall–Kier alpha value is -0.530. The second-order valence-electron chi connectivity index (χ2n) is 2.73. The van der Waals surface area contributed by atoms with Crippen molar-refractivity contribution in [1.82, 2.24) is 0 Å². The molecule has 13 heavy (non-hydrogen) atoms. The highest BCUT2D eigenvalue weighted by molar-refractivity contribution is 6.30. The number of rotatable bonds is 4. The summed E-state index contributed by atoms with van der Waals surface area (Å²) in [5.74, 6) is 0. The number of benzene rings is 1. The molecule has 0 N–H and O–H groups in total. The molecule has 0 bridgehead atoms. The third-order valence-corrected chi connectivity index (χ3v) is 2.87. The Morgan fingerprint density at radius 2 is 1.85 bits per heavy atom. The summed E-state index contributed by atoms with van der Waals surface area (Å²) in [4.78, 5) is 10.2. The number of carbonyl (C=O) groups excluding carboxylic acids is 1. The van der Waals surface area contributed by atoms with Gasteiger partial charge >= 0.3 is 0 Å². The zero-order valence-electron chi connectivity index (χ0n) is 6.99. The Labute approximate surface area is 87.7 Å². The molecule has 3 heteroatoms. The Morgan fingerprint density at radius 1 is 1.23 bits per heavy atom. The van der Waals surface area contributed by atoms with Crippen molar-refractivity contribution in [2.45, 2.75) is 17.2 Å². The molecule has 0 fully saturated rings. The fourth-order valence-electron chi connectivity index (χ4n) is 1.06. The molecule has 0 spiro atoms. The standard InChI is InChI=1S/C10H10Cl2O/c11-9(6-7-13)10(12)8-4-2-1-3-5-8/h1-5,7,9-10H,6H2. The third-order valence-electron chi connectivity index (χ3n) is 1.76. The minimum absolute atomic E-state index is 0.282. The molecule has 1 rings (SSSR count). The topological polar surface area (TPSA) is 17.1 Å². The van der Waals surface area contributed by atoms with Gasteiger partial charge in [0, 0.05) is 6.42 Å². The molecule has 2 atom stereocenters. The van der Waals surface area contributed by atoms with Crippen LogP contribution >= 0.6 is 23.2 Å². The van der Waals surface area contributed by atoms with Crippen molar-refractivity contribution >= 4 is 29.5 Å². The highest BCUT2D eigenvalue weighted by Crippen LogP contribution is 2.28. The highest BCUT2D eigenvalue weighted by atomic mass is 35.5. The Morgan fingerprint density at radius 3 is 2.38 bits per heavy atom. The number of hydrogen-bond donors (Lipinski definition) is 0. The summed E-state index contributed by atoms with van der Waals surface area (Å²) in [6, 6.07) is 9.51. The van der Waals surface area contributed by atoms with E-state index in [1.54, 1.807) is 0 Å². The summed E-state index contributed by atoms with van der Waals surface area (Å²) >= 11 is 11.9. The SMILES string of the molecule is O=CCC(Cl)C(Cl)c1ccccc1. The van der Waals surface area contributed by atoms with Gasteiger partial charge in [0.15, 0.2) is 0 Å². The molecule has 0 aliphatic carbocycles. The van der Waals surface area contributed by atoms with E-state index in [4.69, 9.17) is 23.2 Å². The molecule has 0 radical (unpaired) electrons. The summed E-state index contributed by atoms with van der Waals surface area (Å²) in [6.45, 7) is 0. The largest absolute Gasteiger partial charge is 0.303 e. The van der Waals surface area contributed by atoms with Crippen LogP contribution in [0.3, 0.4) is 0 Å². The number of halogens is 2. The van der Waals surface area contributed by atoms with Crippen LogP contribution in [0, 0.1) is 0 Å². The van der Waals surface area contributed by atoms with Crippen molar-refractivity contribution in [2.75, 3.05) is 0 Å². The van der Waals surface area contributed by atoms with E-state index in [9.17, 15) is 4.79 Å². The molecule has 0 amide bonds. The van der Waals surface area contributed by atoms with E-state index in [0.29, 0.717) is 0 Å². The number of aldehydes is 1. The van der Waals surface area contributed by atoms with E-state index >= 15 is 0 Å². The average molecular weight is 217 g/mol. The molecule has 70 valence electrons. The van der Waals surface area contributed by atoms with E-state index in [2.05, 4.69) is 0 Å². The predicted molar refractivity (Wildman–Crippen MR) is 55.4 cm³/mol. The normalized spacial score (nSPS) is 14.9. The molecule has 0 heterocycles. The molecular formula is C10H10Cl2O. The van der Waals surface area contributed by atoms with Gasteiger partial charge in [-0.2, -0.15) is 0 Å². The lowest BCUT2D eigenvalue weighted by Crippen LogP contribution is -2.07. The maximum atomic E-state index is 10.2. The van der Waals surface area contributed by atoms with Crippen LogP contribution in [0.25, 0.3) is 0 Å². The first kappa shape index (κ1) is 10.6. The van der Waals surface area contributed by atoms with Crippen molar-refractivity contribution in [1.29, 1.82) is 0 Å². The van der Waals surface area contributed by atoms with Crippen molar-refractivity contribution in [3.63, 3.8) is 0 Å². The first-order valence-corrected chi connectivity index (χ1v) is 4.89. The molecule has 1 aromatic rings. The van der Waals surface area contributed by atoms with Crippen molar-refractivity contribution < 1.29 is 4.79 Å². The van der Waals surface area contributed by atoms with Gasteiger partial charge in [-0.15, -0.1) is 23.2 Å². The van der Waals surface area contributed by atoms with Crippen LogP contribution in [0.5, 0.6) is 0 Å². The average Bonchev–Trinajstić information content (AvgIpc) is 2.18. The summed E-state index contributed by atoms with van der Waals surface area (Å²) < 4.78 is 0. The summed E-state index contributed by atoms with van der Waals surface area (Å²) in [6.07, 6.45) is 1.07. The number of carbonyl (C=O) groups is 1. The fraction of sp³-hybridized carbons (Fsp3) is 0.300. The van der Waals surface area contributed by atoms with Gasteiger partial charge in [-0.1, -0.05) is 30.3 Å². The molecule has 0 aliphatic heterocycles. The molecule has 0 saturated carbocycles. The summed E-state index contributed by atoms with van der Waals surface area (Å²) in [5.41, 5.74) is 0.950. The van der Waals surface area contributed by atoms with Crippen LogP contribution < -0.4 is 0 Å². The summed E-state index contributed by atoms with van der Waals surface area (Å²) in [7, 11) is 0. The lowest BCUT2D eigenvalue weighted by Gasteiger charge is -2.13. The molecule has 1 nitrogen and oxygen atoms in total. The maximum Gasteiger partial charge on any atom is 0.121 e. The first-order valence-electron chi connectivity index (χ1n) is 4.02. The Bertz CT molecular complexity index is 261. The third kappa shape index (κ3) is 3.02. The first-order chi connectivity index (χ1) is 6.25. The van der Waals surface area contributed by atoms with Gasteiger partial charge in [0.2, 0.25) is 0 Å². The highest BCUT2D eigenvalue weighted by Gasteiger charge is 2.17. The van der Waals surface area contributed by atoms with Crippen molar-refractivity contribution in [2.24, 2.45) is 0 Å². The lowest BCUT2D eigenvalue weighted by molar-refractivity contribution is -0.107. The lowest BCUT2D eigenvalue weighted by atomic mass is 10.1. The van der Waals surface area contributed by atoms with E-state index in [1.165, 1.54) is 0 Å². The van der Waals surface area contributed by atoms with Crippen molar-refractivity contribution in [3.05, 3.63) is 35.9 Å². The van der Waals surface area contributed by atoms with E-state index in [1.807, 2.05) is 30.3 Å². The smallest absolute Gasteiger partial charge is 0.121 e. The van der Waals surface area contributed by atoms with Crippen LogP contribution in [-0.4, -0.2) is 11.7 Å². The Balaban J connectivity index is 2.67. The van der Waals surface area contributed by atoms with Crippen LogP contribution in [0.15, 0.2) is 30.3 Å². The van der Waals surface area contributed by atoms with Crippen LogP contribution in [0.4, 0.5) is 0 Å². The minimum atomic E-state index is -0.332. The number of hydrogen-bond acceptors (Lipinski definition) is 1. The zero-order valence-corrected chi connectivity index (χ0v) is 8.50. The fourth-order valence-corrected chi connectivity index (χ4v) is 1.52. The van der Waals surface area contributed by atoms with E-state index < -0.39 is 0 Å². The summed E-state index contributed by atoms with van der Waals surface area (Å²) in [5, 5.41) is -0.630. The molecule has 0 aliphatic rings. The van der Waals surface area contributed by atoms with Gasteiger partial charge in [-0.3, -0.25) is 0 Å². The second kappa shape index (κ2) is 5.25. The number of alkyl halides is 2. The molecule has 0 saturated heterocycles. The van der Waals surface area contributed by atoms with Crippen LogP contribution in [0.2, 0.25) is 0 Å². The minimum Gasteiger partial charge on any atom is -0.303 e. The van der Waals surface area contributed by atoms with Crippen molar-refractivity contribution in [3.8, 4) is 0 Å². The molecule has 0 aromatic heterocycles. The maximum absolute atomic E-state index is 10.2. The van der Waals surface area contributed by atoms with Gasteiger partial charge in [-0.25, -0.2) is 0 Å². The van der Waals surface area contributed by atoms with E-state index in [0.717, 1.165) is 11.8 Å². The van der Waals surface area contributed by atoms with Gasteiger partial charge in [-0.05, 0) is 5.56 Å². The second-order valence-corrected chi connectivity index (χ2v) is 3.76. The van der Waals surface area contributed by atoms with Gasteiger partial charge in [0.25, 0.3) is 0 Å². The van der Waals surface area contributed by atoms with Crippen LogP contribution in [0.1, 0.15) is 17.4 Å². The van der Waals surface area contributed by atoms with E-state index in [-0.39, 0.29) is 17.2 Å². The van der Waals surface area contributed by atoms with Gasteiger partial charge in [0.1, 0.15) is 6.29 Å². The van der Waals surface area contributed by atoms with Gasteiger partial charge in [0.05, 0.1) is 10.8 Å². The molecule has 1 aromatic carbocycles. The monoisotopic (exact) mass is 216 g/mol. The quantitative estimate of drug-likeness (QED) is 0.559. The Kier molecular flexibility index (Phi) is 4.26. The zero-order chi connectivity index (χ0) is 9.68. The molecule has 2 unspecified atom stereocenters. The predicted octanol–water partition coefficient (Wildman–Crippen LogP) is 3.16. The molecular weight excluding hydrogens is 207 g/mol. The van der Waals surface area contributed by atoms with Gasteiger partial charge < -0.3 is 4.79 Å².